The lowest BCUT2D eigenvalue weighted by molar-refractivity contribution is -0.116. The van der Waals surface area contributed by atoms with Crippen molar-refractivity contribution in [3.8, 4) is 6.07 Å². The molecule has 4 rings (SSSR count). The van der Waals surface area contributed by atoms with E-state index >= 15 is 0 Å². The average molecular weight is 453 g/mol. The van der Waals surface area contributed by atoms with E-state index in [0.29, 0.717) is 51.7 Å². The number of nitrogens with two attached hydrogens (primary N) is 1. The molecule has 6 nitrogen and oxygen atoms in total. The van der Waals surface area contributed by atoms with Crippen molar-refractivity contribution >= 4 is 34.9 Å². The third-order valence-electron chi connectivity index (χ3n) is 5.44. The van der Waals surface area contributed by atoms with Crippen LogP contribution < -0.4 is 11.2 Å². The molecule has 1 unspecified atom stereocenters. The number of carbonyl (C=O) groups excluding carboxylic acids is 2. The van der Waals surface area contributed by atoms with Crippen molar-refractivity contribution in [2.75, 3.05) is 0 Å². The Morgan fingerprint density at radius 1 is 1.13 bits per heavy atom. The molecule has 3 N–H and O–H groups in total. The van der Waals surface area contributed by atoms with Crippen LogP contribution in [-0.2, 0) is 4.79 Å². The van der Waals surface area contributed by atoms with Gasteiger partial charge in [0.05, 0.1) is 27.6 Å². The summed E-state index contributed by atoms with van der Waals surface area (Å²) in [5.74, 6) is -1.07. The molecule has 1 amide bonds. The molecule has 156 valence electrons. The summed E-state index contributed by atoms with van der Waals surface area (Å²) in [6.45, 7) is 0. The number of halogens is 2. The second-order valence-corrected chi connectivity index (χ2v) is 8.11. The Kier molecular flexibility index (Phi) is 5.73. The number of amides is 1. The fourth-order valence-electron chi connectivity index (χ4n) is 4.00. The molecule has 2 aromatic rings. The van der Waals surface area contributed by atoms with E-state index < -0.39 is 11.8 Å². The monoisotopic (exact) mass is 452 g/mol. The highest BCUT2D eigenvalue weighted by Crippen LogP contribution is 2.45. The van der Waals surface area contributed by atoms with Crippen LogP contribution in [0.5, 0.6) is 0 Å². The van der Waals surface area contributed by atoms with E-state index in [4.69, 9.17) is 28.9 Å². The molecule has 1 aliphatic heterocycles. The number of rotatable bonds is 3. The van der Waals surface area contributed by atoms with Gasteiger partial charge in [-0.3, -0.25) is 15.0 Å². The lowest BCUT2D eigenvalue weighted by atomic mass is 9.76. The van der Waals surface area contributed by atoms with Crippen LogP contribution in [0.4, 0.5) is 0 Å². The minimum absolute atomic E-state index is 0.0799. The molecule has 8 heteroatoms. The third-order valence-corrected chi connectivity index (χ3v) is 6.18. The molecule has 0 spiro atoms. The zero-order valence-corrected chi connectivity index (χ0v) is 17.9. The summed E-state index contributed by atoms with van der Waals surface area (Å²) >= 11 is 12.3. The van der Waals surface area contributed by atoms with E-state index in [1.54, 1.807) is 42.5 Å². The fourth-order valence-corrected chi connectivity index (χ4v) is 4.30. The highest BCUT2D eigenvalue weighted by atomic mass is 35.5. The number of nitriles is 1. The minimum Gasteiger partial charge on any atom is -0.383 e. The van der Waals surface area contributed by atoms with Gasteiger partial charge in [-0.25, -0.2) is 5.01 Å². The lowest BCUT2D eigenvalue weighted by Gasteiger charge is -2.39. The van der Waals surface area contributed by atoms with Gasteiger partial charge in [-0.2, -0.15) is 5.26 Å². The largest absolute Gasteiger partial charge is 0.383 e. The molecule has 0 fully saturated rings. The van der Waals surface area contributed by atoms with Crippen LogP contribution >= 0.6 is 23.2 Å². The van der Waals surface area contributed by atoms with Crippen molar-refractivity contribution in [1.82, 2.24) is 10.4 Å². The van der Waals surface area contributed by atoms with Gasteiger partial charge >= 0.3 is 0 Å². The molecule has 0 saturated carbocycles. The summed E-state index contributed by atoms with van der Waals surface area (Å²) in [7, 11) is 0. The van der Waals surface area contributed by atoms with Gasteiger partial charge in [0.15, 0.2) is 5.78 Å². The normalized spacial score (nSPS) is 18.5. The molecule has 2 aromatic carbocycles. The Bertz CT molecular complexity index is 1180. The molecule has 0 radical (unpaired) electrons. The highest BCUT2D eigenvalue weighted by molar-refractivity contribution is 6.42. The Hall–Kier alpha value is -3.27. The quantitative estimate of drug-likeness (QED) is 0.716. The third kappa shape index (κ3) is 3.78. The second-order valence-electron chi connectivity index (χ2n) is 7.30. The Morgan fingerprint density at radius 3 is 2.55 bits per heavy atom. The van der Waals surface area contributed by atoms with E-state index in [2.05, 4.69) is 11.5 Å². The zero-order valence-electron chi connectivity index (χ0n) is 16.4. The van der Waals surface area contributed by atoms with Crippen LogP contribution in [0.15, 0.2) is 71.2 Å². The molecule has 1 aliphatic carbocycles. The maximum Gasteiger partial charge on any atom is 0.270 e. The van der Waals surface area contributed by atoms with E-state index in [9.17, 15) is 14.9 Å². The van der Waals surface area contributed by atoms with Gasteiger partial charge in [-0.05, 0) is 42.7 Å². The summed E-state index contributed by atoms with van der Waals surface area (Å²) < 4.78 is 0. The van der Waals surface area contributed by atoms with Crippen LogP contribution in [0.2, 0.25) is 10.0 Å². The topological polar surface area (TPSA) is 99.2 Å². The van der Waals surface area contributed by atoms with Crippen molar-refractivity contribution in [3.05, 3.63) is 92.4 Å². The van der Waals surface area contributed by atoms with Crippen LogP contribution in [-0.4, -0.2) is 16.7 Å². The summed E-state index contributed by atoms with van der Waals surface area (Å²) in [4.78, 5) is 25.8. The first-order chi connectivity index (χ1) is 14.9. The second kappa shape index (κ2) is 8.46. The molecular formula is C23H18Cl2N4O2. The summed E-state index contributed by atoms with van der Waals surface area (Å²) in [6.07, 6.45) is 1.52. The number of hydrogen-bond donors (Lipinski definition) is 2. The number of carbonyl (C=O) groups is 2. The van der Waals surface area contributed by atoms with Crippen LogP contribution in [0, 0.1) is 11.3 Å². The SMILES string of the molecule is N#CC1=C(N)N(NC(=O)c2ccccc2)C2=C(C(=O)CCC2)C1c1ccc(Cl)c(Cl)c1. The molecule has 0 aromatic heterocycles. The highest BCUT2D eigenvalue weighted by Gasteiger charge is 2.40. The van der Waals surface area contributed by atoms with Gasteiger partial charge < -0.3 is 5.73 Å². The number of benzene rings is 2. The number of allylic oxidation sites excluding steroid dienone is 3. The van der Waals surface area contributed by atoms with E-state index in [0.717, 1.165) is 0 Å². The van der Waals surface area contributed by atoms with Crippen molar-refractivity contribution in [3.63, 3.8) is 0 Å². The predicted octanol–water partition coefficient (Wildman–Crippen LogP) is 4.44. The smallest absolute Gasteiger partial charge is 0.270 e. The first-order valence-corrected chi connectivity index (χ1v) is 10.4. The summed E-state index contributed by atoms with van der Waals surface area (Å²) in [6, 6.07) is 15.8. The van der Waals surface area contributed by atoms with Crippen molar-refractivity contribution in [1.29, 1.82) is 5.26 Å². The van der Waals surface area contributed by atoms with E-state index in [1.807, 2.05) is 6.07 Å². The number of nitrogens with zero attached hydrogens (tertiary/aromatic N) is 2. The zero-order chi connectivity index (χ0) is 22.1. The Balaban J connectivity index is 1.83. The number of Topliss-reactive ketones (excluding diaryl/α,β-unsaturated/α-hetero) is 1. The molecule has 31 heavy (non-hydrogen) atoms. The van der Waals surface area contributed by atoms with E-state index in [-0.39, 0.29) is 17.2 Å². The van der Waals surface area contributed by atoms with Crippen LogP contribution in [0.3, 0.4) is 0 Å². The van der Waals surface area contributed by atoms with Gasteiger partial charge in [0.2, 0.25) is 0 Å². The number of hydrazine groups is 1. The number of nitrogens with one attached hydrogen (secondary N) is 1. The molecule has 0 bridgehead atoms. The molecule has 0 saturated heterocycles. The summed E-state index contributed by atoms with van der Waals surface area (Å²) in [5, 5.41) is 12.0. The first-order valence-electron chi connectivity index (χ1n) is 9.69. The fraction of sp³-hybridized carbons (Fsp3) is 0.174. The van der Waals surface area contributed by atoms with Gasteiger partial charge in [-0.15, -0.1) is 0 Å². The van der Waals surface area contributed by atoms with Gasteiger partial charge in [-0.1, -0.05) is 47.5 Å². The van der Waals surface area contributed by atoms with Crippen molar-refractivity contribution in [2.45, 2.75) is 25.2 Å². The maximum atomic E-state index is 13.0. The standard InChI is InChI=1S/C23H18Cl2N4O2/c24-16-10-9-14(11-17(16)25)20-15(12-26)22(27)29(18-7-4-8-19(30)21(18)20)28-23(31)13-5-2-1-3-6-13/h1-3,5-6,9-11,20H,4,7-8,27H2,(H,28,31). The average Bonchev–Trinajstić information content (AvgIpc) is 2.78. The molecule has 1 atom stereocenters. The number of ketones is 1. The van der Waals surface area contributed by atoms with Crippen LogP contribution in [0.25, 0.3) is 0 Å². The van der Waals surface area contributed by atoms with Crippen molar-refractivity contribution < 1.29 is 9.59 Å². The molecule has 2 aliphatic rings. The molecular weight excluding hydrogens is 435 g/mol. The van der Waals surface area contributed by atoms with Gasteiger partial charge in [0.25, 0.3) is 5.91 Å². The van der Waals surface area contributed by atoms with E-state index in [1.165, 1.54) is 5.01 Å². The summed E-state index contributed by atoms with van der Waals surface area (Å²) in [5.41, 5.74) is 11.4. The van der Waals surface area contributed by atoms with Gasteiger partial charge in [0.1, 0.15) is 5.82 Å². The first kappa shape index (κ1) is 21.0. The lowest BCUT2D eigenvalue weighted by Crippen LogP contribution is -2.48. The predicted molar refractivity (Wildman–Crippen MR) is 118 cm³/mol. The minimum atomic E-state index is -0.674. The van der Waals surface area contributed by atoms with Crippen molar-refractivity contribution in [2.24, 2.45) is 5.73 Å². The van der Waals surface area contributed by atoms with Gasteiger partial charge in [0, 0.05) is 23.3 Å². The Labute approximate surface area is 189 Å². The molecule has 1 heterocycles. The number of hydrogen-bond acceptors (Lipinski definition) is 5. The Morgan fingerprint density at radius 2 is 1.87 bits per heavy atom. The van der Waals surface area contributed by atoms with Crippen LogP contribution in [0.1, 0.15) is 41.1 Å². The maximum absolute atomic E-state index is 13.0.